The second-order valence-corrected chi connectivity index (χ2v) is 6.35. The lowest BCUT2D eigenvalue weighted by Crippen LogP contribution is -2.64. The Morgan fingerprint density at radius 3 is 2.00 bits per heavy atom. The molecule has 0 aromatic heterocycles. The van der Waals surface area contributed by atoms with Gasteiger partial charge in [-0.15, -0.1) is 0 Å². The normalized spacial score (nSPS) is 57.1. The Kier molecular flexibility index (Phi) is 1.73. The number of carbonyl (C=O) groups excluding carboxylic acids is 1. The van der Waals surface area contributed by atoms with Gasteiger partial charge in [0.15, 0.2) is 0 Å². The lowest BCUT2D eigenvalue weighted by Gasteiger charge is -2.61. The van der Waals surface area contributed by atoms with Crippen molar-refractivity contribution < 1.29 is 15.0 Å². The van der Waals surface area contributed by atoms with Crippen LogP contribution in [0.25, 0.3) is 0 Å². The van der Waals surface area contributed by atoms with E-state index in [9.17, 15) is 15.0 Å². The van der Waals surface area contributed by atoms with Crippen molar-refractivity contribution in [2.24, 2.45) is 11.3 Å². The average Bonchev–Trinajstić information content (AvgIpc) is 1.95. The molecule has 84 valence electrons. The summed E-state index contributed by atoms with van der Waals surface area (Å²) in [5.41, 5.74) is -2.35. The van der Waals surface area contributed by atoms with Crippen LogP contribution in [0.5, 0.6) is 0 Å². The minimum Gasteiger partial charge on any atom is -0.390 e. The van der Waals surface area contributed by atoms with E-state index in [2.05, 4.69) is 0 Å². The van der Waals surface area contributed by atoms with Crippen LogP contribution in [0.2, 0.25) is 0 Å². The Morgan fingerprint density at radius 1 is 1.07 bits per heavy atom. The molecule has 4 bridgehead atoms. The zero-order valence-electron chi connectivity index (χ0n) is 8.50. The number of hydrogen-bond acceptors (Lipinski definition) is 3. The molecular formula is C11H15ClO3. The van der Waals surface area contributed by atoms with E-state index in [1.165, 1.54) is 0 Å². The lowest BCUT2D eigenvalue weighted by molar-refractivity contribution is -0.224. The maximum absolute atomic E-state index is 11.5. The van der Waals surface area contributed by atoms with Crippen LogP contribution in [0.3, 0.4) is 0 Å². The van der Waals surface area contributed by atoms with Gasteiger partial charge in [0.25, 0.3) is 0 Å². The molecule has 4 aliphatic rings. The van der Waals surface area contributed by atoms with Crippen molar-refractivity contribution in [3.05, 3.63) is 0 Å². The monoisotopic (exact) mass is 230 g/mol. The summed E-state index contributed by atoms with van der Waals surface area (Å²) >= 11 is 5.66. The Morgan fingerprint density at radius 2 is 1.60 bits per heavy atom. The molecule has 0 radical (unpaired) electrons. The van der Waals surface area contributed by atoms with Gasteiger partial charge >= 0.3 is 0 Å². The standard InChI is InChI=1S/C11H15ClO3/c12-8(13)9-1-7-2-10(14,4-9)6-11(15,3-7)5-9/h7,14-15H,1-6H2. The lowest BCUT2D eigenvalue weighted by atomic mass is 9.46. The van der Waals surface area contributed by atoms with E-state index in [1.54, 1.807) is 0 Å². The molecule has 0 spiro atoms. The topological polar surface area (TPSA) is 57.5 Å². The molecule has 4 heteroatoms. The third kappa shape index (κ3) is 1.30. The van der Waals surface area contributed by atoms with Crippen LogP contribution in [0.15, 0.2) is 0 Å². The van der Waals surface area contributed by atoms with Crippen molar-refractivity contribution in [3.63, 3.8) is 0 Å². The van der Waals surface area contributed by atoms with E-state index in [0.29, 0.717) is 19.3 Å². The smallest absolute Gasteiger partial charge is 0.228 e. The van der Waals surface area contributed by atoms with Crippen LogP contribution in [-0.4, -0.2) is 26.7 Å². The fraction of sp³-hybridized carbons (Fsp3) is 0.909. The van der Waals surface area contributed by atoms with Gasteiger partial charge in [0.2, 0.25) is 5.24 Å². The number of hydrogen-bond donors (Lipinski definition) is 2. The van der Waals surface area contributed by atoms with Crippen molar-refractivity contribution in [1.82, 2.24) is 0 Å². The molecule has 2 unspecified atom stereocenters. The zero-order valence-corrected chi connectivity index (χ0v) is 9.26. The van der Waals surface area contributed by atoms with E-state index in [0.717, 1.165) is 19.3 Å². The fourth-order valence-electron chi connectivity index (χ4n) is 4.56. The molecule has 0 aromatic rings. The number of rotatable bonds is 1. The molecule has 0 saturated heterocycles. The summed E-state index contributed by atoms with van der Waals surface area (Å²) in [4.78, 5) is 11.5. The van der Waals surface area contributed by atoms with E-state index in [1.807, 2.05) is 0 Å². The van der Waals surface area contributed by atoms with Gasteiger partial charge in [0.05, 0.1) is 16.6 Å². The van der Waals surface area contributed by atoms with Crippen LogP contribution < -0.4 is 0 Å². The molecule has 3 nitrogen and oxygen atoms in total. The molecule has 0 amide bonds. The minimum absolute atomic E-state index is 0.263. The molecule has 2 atom stereocenters. The largest absolute Gasteiger partial charge is 0.390 e. The van der Waals surface area contributed by atoms with Gasteiger partial charge in [-0.05, 0) is 49.6 Å². The molecular weight excluding hydrogens is 216 g/mol. The highest BCUT2D eigenvalue weighted by Crippen LogP contribution is 2.63. The maximum Gasteiger partial charge on any atom is 0.228 e. The predicted molar refractivity (Wildman–Crippen MR) is 54.4 cm³/mol. The number of halogens is 1. The summed E-state index contributed by atoms with van der Waals surface area (Å²) in [6.45, 7) is 0. The molecule has 0 heterocycles. The highest BCUT2D eigenvalue weighted by Gasteiger charge is 2.64. The minimum atomic E-state index is -0.848. The van der Waals surface area contributed by atoms with Crippen molar-refractivity contribution in [2.75, 3.05) is 0 Å². The van der Waals surface area contributed by atoms with Crippen molar-refractivity contribution in [3.8, 4) is 0 Å². The first-order valence-electron chi connectivity index (χ1n) is 5.50. The molecule has 4 saturated carbocycles. The third-order valence-electron chi connectivity index (χ3n) is 4.43. The summed E-state index contributed by atoms with van der Waals surface area (Å²) in [5.74, 6) is 0.263. The van der Waals surface area contributed by atoms with Crippen LogP contribution in [-0.2, 0) is 4.79 Å². The van der Waals surface area contributed by atoms with Crippen molar-refractivity contribution in [2.45, 2.75) is 49.7 Å². The molecule has 0 aliphatic heterocycles. The Balaban J connectivity index is 2.05. The SMILES string of the molecule is O=C(Cl)C12CC3CC(O)(CC(O)(C3)C1)C2. The van der Waals surface area contributed by atoms with Crippen LogP contribution in [0.1, 0.15) is 38.5 Å². The van der Waals surface area contributed by atoms with Gasteiger partial charge in [-0.25, -0.2) is 0 Å². The quantitative estimate of drug-likeness (QED) is 0.666. The van der Waals surface area contributed by atoms with E-state index >= 15 is 0 Å². The highest BCUT2D eigenvalue weighted by molar-refractivity contribution is 6.64. The molecule has 0 aromatic carbocycles. The van der Waals surface area contributed by atoms with E-state index in [4.69, 9.17) is 11.6 Å². The number of carbonyl (C=O) groups is 1. The van der Waals surface area contributed by atoms with Crippen LogP contribution in [0, 0.1) is 11.3 Å². The molecule has 4 aliphatic carbocycles. The van der Waals surface area contributed by atoms with Gasteiger partial charge in [-0.3, -0.25) is 4.79 Å². The molecule has 2 N–H and O–H groups in total. The zero-order chi connectivity index (χ0) is 10.9. The van der Waals surface area contributed by atoms with Crippen LogP contribution >= 0.6 is 11.6 Å². The van der Waals surface area contributed by atoms with Gasteiger partial charge in [-0.1, -0.05) is 0 Å². The van der Waals surface area contributed by atoms with Crippen LogP contribution in [0.4, 0.5) is 0 Å². The van der Waals surface area contributed by atoms with Gasteiger partial charge in [0.1, 0.15) is 0 Å². The first kappa shape index (κ1) is 10.1. The third-order valence-corrected chi connectivity index (χ3v) is 4.83. The Bertz CT molecular complexity index is 323. The summed E-state index contributed by atoms with van der Waals surface area (Å²) < 4.78 is 0. The molecule has 4 rings (SSSR count). The summed E-state index contributed by atoms with van der Waals surface area (Å²) in [6, 6.07) is 0. The fourth-order valence-corrected chi connectivity index (χ4v) is 4.77. The van der Waals surface area contributed by atoms with Gasteiger partial charge in [-0.2, -0.15) is 0 Å². The van der Waals surface area contributed by atoms with E-state index < -0.39 is 16.6 Å². The van der Waals surface area contributed by atoms with Crippen molar-refractivity contribution >= 4 is 16.8 Å². The molecule has 15 heavy (non-hydrogen) atoms. The Hall–Kier alpha value is -0.120. The second kappa shape index (κ2) is 2.58. The summed E-state index contributed by atoms with van der Waals surface area (Å²) in [5, 5.41) is 20.3. The summed E-state index contributed by atoms with van der Waals surface area (Å²) in [6.07, 6.45) is 3.51. The predicted octanol–water partition coefficient (Wildman–Crippen LogP) is 1.20. The van der Waals surface area contributed by atoms with Gasteiger partial charge < -0.3 is 10.2 Å². The Labute approximate surface area is 93.4 Å². The number of aliphatic hydroxyl groups is 2. The van der Waals surface area contributed by atoms with E-state index in [-0.39, 0.29) is 11.2 Å². The highest BCUT2D eigenvalue weighted by atomic mass is 35.5. The summed E-state index contributed by atoms with van der Waals surface area (Å²) in [7, 11) is 0. The van der Waals surface area contributed by atoms with Crippen molar-refractivity contribution in [1.29, 1.82) is 0 Å². The molecule has 4 fully saturated rings. The first-order chi connectivity index (χ1) is 6.85. The first-order valence-corrected chi connectivity index (χ1v) is 5.88. The maximum atomic E-state index is 11.5. The second-order valence-electron chi connectivity index (χ2n) is 6.01. The average molecular weight is 231 g/mol. The van der Waals surface area contributed by atoms with Gasteiger partial charge in [0, 0.05) is 6.42 Å².